The van der Waals surface area contributed by atoms with Gasteiger partial charge in [-0.3, -0.25) is 19.6 Å². The largest absolute Gasteiger partial charge is 0.339 e. The van der Waals surface area contributed by atoms with E-state index in [9.17, 15) is 14.9 Å². The number of carbonyl (C=O) groups is 1. The van der Waals surface area contributed by atoms with Crippen molar-refractivity contribution in [2.24, 2.45) is 5.92 Å². The fourth-order valence-corrected chi connectivity index (χ4v) is 3.37. The Balaban J connectivity index is 2.06. The van der Waals surface area contributed by atoms with E-state index in [0.29, 0.717) is 18.8 Å². The predicted octanol–water partition coefficient (Wildman–Crippen LogP) is 4.22. The van der Waals surface area contributed by atoms with Gasteiger partial charge in [-0.25, -0.2) is 0 Å². The minimum atomic E-state index is -0.418. The van der Waals surface area contributed by atoms with E-state index in [1.165, 1.54) is 12.1 Å². The highest BCUT2D eigenvalue weighted by Crippen LogP contribution is 2.24. The normalized spacial score (nSPS) is 12.2. The van der Waals surface area contributed by atoms with Crippen LogP contribution in [0, 0.1) is 29.9 Å². The van der Waals surface area contributed by atoms with E-state index >= 15 is 0 Å². The first-order chi connectivity index (χ1) is 13.1. The molecular formula is C21H30N4O3. The fraction of sp³-hybridized carbons (Fsp3) is 0.524. The van der Waals surface area contributed by atoms with Crippen LogP contribution in [0.15, 0.2) is 24.3 Å². The summed E-state index contributed by atoms with van der Waals surface area (Å²) < 4.78 is 2.02. The molecule has 0 saturated carbocycles. The number of carbonyl (C=O) groups excluding carboxylic acids is 1. The monoisotopic (exact) mass is 386 g/mol. The van der Waals surface area contributed by atoms with Crippen molar-refractivity contribution in [2.75, 3.05) is 7.05 Å². The van der Waals surface area contributed by atoms with Crippen LogP contribution in [0.1, 0.15) is 55.7 Å². The Morgan fingerprint density at radius 1 is 1.29 bits per heavy atom. The lowest BCUT2D eigenvalue weighted by atomic mass is 10.0. The highest BCUT2D eigenvalue weighted by atomic mass is 16.6. The van der Waals surface area contributed by atoms with Crippen molar-refractivity contribution in [2.45, 2.75) is 60.0 Å². The van der Waals surface area contributed by atoms with Crippen molar-refractivity contribution in [3.8, 4) is 0 Å². The van der Waals surface area contributed by atoms with Crippen LogP contribution in [0.2, 0.25) is 0 Å². The molecule has 1 aromatic carbocycles. The second kappa shape index (κ2) is 8.99. The minimum absolute atomic E-state index is 0.00872. The first-order valence-corrected chi connectivity index (χ1v) is 9.64. The van der Waals surface area contributed by atoms with Gasteiger partial charge >= 0.3 is 0 Å². The number of nitrogens with zero attached hydrogens (tertiary/aromatic N) is 4. The van der Waals surface area contributed by atoms with Gasteiger partial charge in [0.15, 0.2) is 0 Å². The Bertz CT molecular complexity index is 857. The fourth-order valence-electron chi connectivity index (χ4n) is 3.37. The van der Waals surface area contributed by atoms with Crippen molar-refractivity contribution in [3.63, 3.8) is 0 Å². The van der Waals surface area contributed by atoms with Gasteiger partial charge in [0.2, 0.25) is 5.91 Å². The highest BCUT2D eigenvalue weighted by Gasteiger charge is 2.20. The van der Waals surface area contributed by atoms with Crippen molar-refractivity contribution in [1.82, 2.24) is 14.7 Å². The summed E-state index contributed by atoms with van der Waals surface area (Å²) in [4.78, 5) is 24.9. The number of nitro benzene ring substituents is 1. The molecule has 0 saturated heterocycles. The molecule has 2 rings (SSSR count). The molecule has 1 heterocycles. The van der Waals surface area contributed by atoms with E-state index in [1.807, 2.05) is 24.6 Å². The molecule has 1 aromatic heterocycles. The lowest BCUT2D eigenvalue weighted by molar-refractivity contribution is -0.384. The van der Waals surface area contributed by atoms with E-state index in [0.717, 1.165) is 29.1 Å². The summed E-state index contributed by atoms with van der Waals surface area (Å²) in [5, 5.41) is 15.6. The first kappa shape index (κ1) is 21.6. The maximum Gasteiger partial charge on any atom is 0.269 e. The molecule has 1 amide bonds. The molecule has 152 valence electrons. The van der Waals surface area contributed by atoms with E-state index in [-0.39, 0.29) is 17.6 Å². The number of amides is 1. The van der Waals surface area contributed by atoms with Gasteiger partial charge < -0.3 is 4.90 Å². The number of non-ortho nitro benzene ring substituents is 1. The van der Waals surface area contributed by atoms with Crippen molar-refractivity contribution >= 4 is 11.6 Å². The Kier molecular flexibility index (Phi) is 6.94. The second-order valence-corrected chi connectivity index (χ2v) is 7.76. The van der Waals surface area contributed by atoms with E-state index < -0.39 is 4.92 Å². The molecule has 1 atom stereocenters. The number of rotatable bonds is 8. The summed E-state index contributed by atoms with van der Waals surface area (Å²) in [6.45, 7) is 11.1. The quantitative estimate of drug-likeness (QED) is 0.502. The van der Waals surface area contributed by atoms with Gasteiger partial charge in [-0.05, 0) is 44.2 Å². The lowest BCUT2D eigenvalue weighted by Gasteiger charge is -2.25. The zero-order valence-corrected chi connectivity index (χ0v) is 17.6. The van der Waals surface area contributed by atoms with Crippen LogP contribution in [0.3, 0.4) is 0 Å². The second-order valence-electron chi connectivity index (χ2n) is 7.76. The Labute approximate surface area is 166 Å². The summed E-state index contributed by atoms with van der Waals surface area (Å²) in [6, 6.07) is 6.21. The summed E-state index contributed by atoms with van der Waals surface area (Å²) in [7, 11) is 1.74. The van der Waals surface area contributed by atoms with E-state index in [4.69, 9.17) is 0 Å². The molecule has 7 nitrogen and oxygen atoms in total. The smallest absolute Gasteiger partial charge is 0.269 e. The summed E-state index contributed by atoms with van der Waals surface area (Å²) in [6.07, 6.45) is 1.02. The average Bonchev–Trinajstić information content (AvgIpc) is 2.91. The van der Waals surface area contributed by atoms with Crippen LogP contribution in [0.4, 0.5) is 5.69 Å². The number of nitro groups is 1. The number of hydrogen-bond acceptors (Lipinski definition) is 4. The zero-order valence-electron chi connectivity index (χ0n) is 17.6. The molecule has 0 spiro atoms. The first-order valence-electron chi connectivity index (χ1n) is 9.64. The third-order valence-electron chi connectivity index (χ3n) is 5.20. The summed E-state index contributed by atoms with van der Waals surface area (Å²) >= 11 is 0. The number of benzene rings is 1. The maximum atomic E-state index is 12.7. The maximum absolute atomic E-state index is 12.7. The van der Waals surface area contributed by atoms with Crippen LogP contribution < -0.4 is 0 Å². The minimum Gasteiger partial charge on any atom is -0.339 e. The van der Waals surface area contributed by atoms with Crippen LogP contribution in [0.25, 0.3) is 0 Å². The molecular weight excluding hydrogens is 356 g/mol. The van der Waals surface area contributed by atoms with Crippen molar-refractivity contribution in [1.29, 1.82) is 0 Å². The molecule has 0 bridgehead atoms. The number of aryl methyl sites for hydroxylation is 1. The third kappa shape index (κ3) is 4.97. The summed E-state index contributed by atoms with van der Waals surface area (Å²) in [5.74, 6) is 0.517. The Hall–Kier alpha value is -2.70. The van der Waals surface area contributed by atoms with Gasteiger partial charge in [-0.1, -0.05) is 26.0 Å². The molecule has 0 aliphatic heterocycles. The average molecular weight is 386 g/mol. The molecule has 0 aliphatic carbocycles. The molecule has 2 aromatic rings. The standard InChI is InChI=1S/C21H30N4O3/c1-14(2)13-24-17(5)20(15(3)22-24)10-11-21(26)23(6)16(4)18-8-7-9-19(12-18)25(27)28/h7-9,12,14,16H,10-11,13H2,1-6H3/t16-/m1/s1. The topological polar surface area (TPSA) is 81.3 Å². The molecule has 0 aliphatic rings. The van der Waals surface area contributed by atoms with Gasteiger partial charge in [0.1, 0.15) is 0 Å². The van der Waals surface area contributed by atoms with Gasteiger partial charge in [-0.15, -0.1) is 0 Å². The van der Waals surface area contributed by atoms with Crippen LogP contribution in [-0.4, -0.2) is 32.6 Å². The van der Waals surface area contributed by atoms with Gasteiger partial charge in [0, 0.05) is 37.8 Å². The molecule has 28 heavy (non-hydrogen) atoms. The van der Waals surface area contributed by atoms with Crippen LogP contribution in [0.5, 0.6) is 0 Å². The van der Waals surface area contributed by atoms with Crippen LogP contribution >= 0.6 is 0 Å². The molecule has 0 N–H and O–H groups in total. The Morgan fingerprint density at radius 3 is 2.57 bits per heavy atom. The van der Waals surface area contributed by atoms with Gasteiger partial charge in [0.25, 0.3) is 5.69 Å². The third-order valence-corrected chi connectivity index (χ3v) is 5.20. The van der Waals surface area contributed by atoms with E-state index in [1.54, 1.807) is 18.0 Å². The number of hydrogen-bond donors (Lipinski definition) is 0. The zero-order chi connectivity index (χ0) is 21.0. The Morgan fingerprint density at radius 2 is 1.96 bits per heavy atom. The lowest BCUT2D eigenvalue weighted by Crippen LogP contribution is -2.29. The molecule has 7 heteroatoms. The molecule has 0 unspecified atom stereocenters. The van der Waals surface area contributed by atoms with Gasteiger partial charge in [-0.2, -0.15) is 5.10 Å². The molecule has 0 radical (unpaired) electrons. The predicted molar refractivity (Wildman–Crippen MR) is 109 cm³/mol. The van der Waals surface area contributed by atoms with Crippen molar-refractivity contribution < 1.29 is 9.72 Å². The summed E-state index contributed by atoms with van der Waals surface area (Å²) in [5.41, 5.74) is 4.01. The van der Waals surface area contributed by atoms with Crippen molar-refractivity contribution in [3.05, 3.63) is 56.9 Å². The highest BCUT2D eigenvalue weighted by molar-refractivity contribution is 5.76. The van der Waals surface area contributed by atoms with Gasteiger partial charge in [0.05, 0.1) is 16.7 Å². The number of aromatic nitrogens is 2. The molecule has 0 fully saturated rings. The van der Waals surface area contributed by atoms with E-state index in [2.05, 4.69) is 25.9 Å². The SMILES string of the molecule is Cc1nn(CC(C)C)c(C)c1CCC(=O)N(C)[C@H](C)c1cccc([N+](=O)[O-])c1. The van der Waals surface area contributed by atoms with Crippen LogP contribution in [-0.2, 0) is 17.8 Å².